The van der Waals surface area contributed by atoms with Crippen molar-refractivity contribution in [2.45, 2.75) is 6.10 Å². The molecule has 0 bridgehead atoms. The van der Waals surface area contributed by atoms with E-state index >= 15 is 0 Å². The van der Waals surface area contributed by atoms with Crippen molar-refractivity contribution in [3.63, 3.8) is 0 Å². The monoisotopic (exact) mass is 274 g/mol. The Hall–Kier alpha value is -1.60. The van der Waals surface area contributed by atoms with Gasteiger partial charge in [0.1, 0.15) is 0 Å². The highest BCUT2D eigenvalue weighted by atomic mass is 19.2. The van der Waals surface area contributed by atoms with Crippen LogP contribution in [-0.2, 0) is 0 Å². The number of rotatable bonds is 3. The fourth-order valence-corrected chi connectivity index (χ4v) is 1.95. The second-order valence-electron chi connectivity index (χ2n) is 4.42. The van der Waals surface area contributed by atoms with Crippen molar-refractivity contribution in [2.75, 3.05) is 19.6 Å². The maximum absolute atomic E-state index is 13.4. The van der Waals surface area contributed by atoms with E-state index in [1.165, 1.54) is 0 Å². The molecule has 19 heavy (non-hydrogen) atoms. The van der Waals surface area contributed by atoms with Gasteiger partial charge in [0, 0.05) is 25.6 Å². The van der Waals surface area contributed by atoms with Gasteiger partial charge in [0.05, 0.1) is 11.7 Å². The van der Waals surface area contributed by atoms with Crippen LogP contribution in [0.5, 0.6) is 0 Å². The fraction of sp³-hybridized carbons (Fsp3) is 0.417. The summed E-state index contributed by atoms with van der Waals surface area (Å²) in [6, 6.07) is 1.58. The van der Waals surface area contributed by atoms with E-state index in [1.807, 2.05) is 0 Å². The van der Waals surface area contributed by atoms with Crippen molar-refractivity contribution < 1.29 is 23.1 Å². The van der Waals surface area contributed by atoms with Crippen LogP contribution in [0.1, 0.15) is 10.4 Å². The summed E-state index contributed by atoms with van der Waals surface area (Å²) in [7, 11) is 0. The average molecular weight is 274 g/mol. The first-order valence-corrected chi connectivity index (χ1v) is 5.81. The van der Waals surface area contributed by atoms with E-state index in [1.54, 1.807) is 0 Å². The van der Waals surface area contributed by atoms with Crippen molar-refractivity contribution in [3.8, 4) is 0 Å². The Bertz CT molecular complexity index is 496. The van der Waals surface area contributed by atoms with E-state index in [9.17, 15) is 23.1 Å². The van der Waals surface area contributed by atoms with E-state index in [4.69, 9.17) is 0 Å². The van der Waals surface area contributed by atoms with Gasteiger partial charge in [-0.1, -0.05) is 0 Å². The lowest BCUT2D eigenvalue weighted by atomic mass is 10.1. The molecular weight excluding hydrogens is 261 g/mol. The normalized spacial score (nSPS) is 22.5. The van der Waals surface area contributed by atoms with Crippen LogP contribution in [0.2, 0.25) is 0 Å². The quantitative estimate of drug-likeness (QED) is 0.700. The lowest BCUT2D eigenvalue weighted by Crippen LogP contribution is -2.34. The molecule has 2 rings (SSSR count). The minimum atomic E-state index is -1.67. The van der Waals surface area contributed by atoms with Crippen LogP contribution < -0.4 is 10.6 Å². The highest BCUT2D eigenvalue weighted by Crippen LogP contribution is 2.15. The van der Waals surface area contributed by atoms with Crippen molar-refractivity contribution in [3.05, 3.63) is 35.1 Å². The maximum Gasteiger partial charge on any atom is 0.254 e. The Morgan fingerprint density at radius 3 is 2.68 bits per heavy atom. The van der Waals surface area contributed by atoms with E-state index in [0.29, 0.717) is 19.2 Å². The molecule has 0 aromatic heterocycles. The van der Waals surface area contributed by atoms with Crippen LogP contribution in [0, 0.1) is 23.4 Å². The number of halogens is 3. The Labute approximate surface area is 107 Å². The molecule has 2 atom stereocenters. The molecule has 2 unspecified atom stereocenters. The maximum atomic E-state index is 13.4. The van der Waals surface area contributed by atoms with Crippen LogP contribution in [0.3, 0.4) is 0 Å². The number of hydrogen-bond donors (Lipinski definition) is 3. The van der Waals surface area contributed by atoms with Crippen LogP contribution in [0.4, 0.5) is 13.2 Å². The van der Waals surface area contributed by atoms with Crippen LogP contribution >= 0.6 is 0 Å². The first-order chi connectivity index (χ1) is 9.00. The van der Waals surface area contributed by atoms with Gasteiger partial charge in [0.15, 0.2) is 17.5 Å². The van der Waals surface area contributed by atoms with Gasteiger partial charge >= 0.3 is 0 Å². The molecule has 1 aromatic rings. The summed E-state index contributed by atoms with van der Waals surface area (Å²) in [6.45, 7) is 1.09. The van der Waals surface area contributed by atoms with E-state index in [2.05, 4.69) is 10.6 Å². The lowest BCUT2D eigenvalue weighted by molar-refractivity contribution is 0.0922. The number of hydrogen-bond acceptors (Lipinski definition) is 3. The van der Waals surface area contributed by atoms with Gasteiger partial charge in [0.25, 0.3) is 5.91 Å². The molecule has 7 heteroatoms. The summed E-state index contributed by atoms with van der Waals surface area (Å²) in [5, 5.41) is 14.8. The van der Waals surface area contributed by atoms with Gasteiger partial charge < -0.3 is 15.7 Å². The molecule has 1 fully saturated rings. The molecule has 104 valence electrons. The minimum Gasteiger partial charge on any atom is -0.391 e. The molecule has 1 aromatic carbocycles. The number of aliphatic hydroxyl groups is 1. The van der Waals surface area contributed by atoms with Gasteiger partial charge in [-0.2, -0.15) is 0 Å². The Kier molecular flexibility index (Phi) is 4.06. The Balaban J connectivity index is 2.02. The summed E-state index contributed by atoms with van der Waals surface area (Å²) >= 11 is 0. The Morgan fingerprint density at radius 1 is 1.32 bits per heavy atom. The number of aliphatic hydroxyl groups excluding tert-OH is 1. The molecule has 0 aliphatic carbocycles. The van der Waals surface area contributed by atoms with Gasteiger partial charge in [0.2, 0.25) is 0 Å². The van der Waals surface area contributed by atoms with E-state index < -0.39 is 35.0 Å². The largest absolute Gasteiger partial charge is 0.391 e. The average Bonchev–Trinajstić information content (AvgIpc) is 2.79. The standard InChI is InChI=1S/C12H13F3N2O2/c13-8-2-1-7(10(14)11(8)15)12(19)17-4-6-3-16-5-9(6)18/h1-2,6,9,16,18H,3-5H2,(H,17,19). The third kappa shape index (κ3) is 2.87. The van der Waals surface area contributed by atoms with Gasteiger partial charge in [-0.15, -0.1) is 0 Å². The van der Waals surface area contributed by atoms with Crippen LogP contribution in [-0.4, -0.2) is 36.8 Å². The number of carbonyl (C=O) groups is 1. The third-order valence-corrected chi connectivity index (χ3v) is 3.11. The number of carbonyl (C=O) groups excluding carboxylic acids is 1. The highest BCUT2D eigenvalue weighted by molar-refractivity contribution is 5.94. The van der Waals surface area contributed by atoms with Crippen LogP contribution in [0.25, 0.3) is 0 Å². The minimum absolute atomic E-state index is 0.130. The predicted molar refractivity (Wildman–Crippen MR) is 61.0 cm³/mol. The molecule has 0 radical (unpaired) electrons. The lowest BCUT2D eigenvalue weighted by Gasteiger charge is -2.14. The smallest absolute Gasteiger partial charge is 0.254 e. The topological polar surface area (TPSA) is 61.4 Å². The number of nitrogens with one attached hydrogen (secondary N) is 2. The van der Waals surface area contributed by atoms with Crippen molar-refractivity contribution in [1.82, 2.24) is 10.6 Å². The number of β-amino-alcohol motifs (C(OH)–C–C–N with tert-alkyl or cyclic N) is 1. The first-order valence-electron chi connectivity index (χ1n) is 5.81. The zero-order chi connectivity index (χ0) is 14.0. The summed E-state index contributed by atoms with van der Waals surface area (Å²) in [4.78, 5) is 11.7. The predicted octanol–water partition coefficient (Wildman–Crippen LogP) is 0.414. The van der Waals surface area contributed by atoms with Crippen molar-refractivity contribution in [1.29, 1.82) is 0 Å². The van der Waals surface area contributed by atoms with Crippen molar-refractivity contribution >= 4 is 5.91 Å². The third-order valence-electron chi connectivity index (χ3n) is 3.11. The van der Waals surface area contributed by atoms with Gasteiger partial charge in [-0.25, -0.2) is 13.2 Å². The number of benzene rings is 1. The SMILES string of the molecule is O=C(NCC1CNCC1O)c1ccc(F)c(F)c1F. The van der Waals surface area contributed by atoms with Crippen molar-refractivity contribution in [2.24, 2.45) is 5.92 Å². The molecule has 3 N–H and O–H groups in total. The summed E-state index contributed by atoms with van der Waals surface area (Å²) in [5.74, 6) is -5.55. The molecule has 1 aliphatic heterocycles. The zero-order valence-electron chi connectivity index (χ0n) is 9.92. The molecular formula is C12H13F3N2O2. The molecule has 1 aliphatic rings. The summed E-state index contributed by atoms with van der Waals surface area (Å²) in [5.41, 5.74) is -0.556. The van der Waals surface area contributed by atoms with Gasteiger partial charge in [-0.05, 0) is 12.1 Å². The summed E-state index contributed by atoms with van der Waals surface area (Å²) in [6.07, 6.45) is -0.588. The fourth-order valence-electron chi connectivity index (χ4n) is 1.95. The summed E-state index contributed by atoms with van der Waals surface area (Å²) < 4.78 is 39.0. The number of amides is 1. The molecule has 0 spiro atoms. The van der Waals surface area contributed by atoms with Gasteiger partial charge in [-0.3, -0.25) is 4.79 Å². The molecule has 4 nitrogen and oxygen atoms in total. The second-order valence-corrected chi connectivity index (χ2v) is 4.42. The molecule has 1 heterocycles. The molecule has 0 saturated carbocycles. The first kappa shape index (κ1) is 13.8. The molecule has 1 amide bonds. The second kappa shape index (κ2) is 5.58. The Morgan fingerprint density at radius 2 is 2.05 bits per heavy atom. The van der Waals surface area contributed by atoms with E-state index in [0.717, 1.165) is 6.07 Å². The van der Waals surface area contributed by atoms with E-state index in [-0.39, 0.29) is 12.5 Å². The highest BCUT2D eigenvalue weighted by Gasteiger charge is 2.26. The molecule has 1 saturated heterocycles. The van der Waals surface area contributed by atoms with Crippen LogP contribution in [0.15, 0.2) is 12.1 Å². The zero-order valence-corrected chi connectivity index (χ0v) is 9.92.